The van der Waals surface area contributed by atoms with Crippen molar-refractivity contribution in [3.8, 4) is 0 Å². The standard InChI is InChI=1S/C24H37N3O4/c1-20(28)27-15-6-13-25(22-9-17-31-18-10-22)12-5-14-26(24(29)11-16-30-2)19-21-7-3-4-8-23(21)27/h3-4,7-8,22H,5-6,9-19H2,1-2H3. The molecule has 0 aliphatic carbocycles. The van der Waals surface area contributed by atoms with Crippen molar-refractivity contribution in [2.75, 3.05) is 58.0 Å². The predicted molar refractivity (Wildman–Crippen MR) is 121 cm³/mol. The summed E-state index contributed by atoms with van der Waals surface area (Å²) < 4.78 is 10.7. The minimum atomic E-state index is 0.0411. The molecular formula is C24H37N3O4. The van der Waals surface area contributed by atoms with E-state index >= 15 is 0 Å². The van der Waals surface area contributed by atoms with Gasteiger partial charge in [-0.05, 0) is 37.3 Å². The van der Waals surface area contributed by atoms with Crippen LogP contribution in [0, 0.1) is 0 Å². The number of para-hydroxylation sites is 1. The molecule has 2 aliphatic rings. The molecule has 1 saturated heterocycles. The summed E-state index contributed by atoms with van der Waals surface area (Å²) in [6.07, 6.45) is 4.35. The smallest absolute Gasteiger partial charge is 0.225 e. The van der Waals surface area contributed by atoms with E-state index in [1.807, 2.05) is 34.1 Å². The van der Waals surface area contributed by atoms with E-state index in [2.05, 4.69) is 4.90 Å². The van der Waals surface area contributed by atoms with Gasteiger partial charge in [0.15, 0.2) is 0 Å². The quantitative estimate of drug-likeness (QED) is 0.734. The normalized spacial score (nSPS) is 19.9. The Morgan fingerprint density at radius 1 is 1.06 bits per heavy atom. The van der Waals surface area contributed by atoms with E-state index in [1.165, 1.54) is 0 Å². The molecule has 1 aromatic carbocycles. The molecule has 2 aliphatic heterocycles. The zero-order valence-corrected chi connectivity index (χ0v) is 19.1. The maximum atomic E-state index is 12.9. The summed E-state index contributed by atoms with van der Waals surface area (Å²) in [5, 5.41) is 0. The van der Waals surface area contributed by atoms with Gasteiger partial charge in [-0.1, -0.05) is 18.2 Å². The van der Waals surface area contributed by atoms with E-state index < -0.39 is 0 Å². The third-order valence-electron chi connectivity index (χ3n) is 6.30. The van der Waals surface area contributed by atoms with Crippen molar-refractivity contribution >= 4 is 17.5 Å². The molecule has 1 fully saturated rings. The predicted octanol–water partition coefficient (Wildman–Crippen LogP) is 2.68. The molecule has 2 heterocycles. The highest BCUT2D eigenvalue weighted by Gasteiger charge is 2.24. The van der Waals surface area contributed by atoms with Crippen LogP contribution in [-0.2, 0) is 25.6 Å². The molecule has 1 aromatic rings. The lowest BCUT2D eigenvalue weighted by Crippen LogP contribution is -2.43. The summed E-state index contributed by atoms with van der Waals surface area (Å²) in [5.41, 5.74) is 1.93. The number of amides is 2. The molecule has 0 spiro atoms. The number of anilines is 1. The molecule has 0 N–H and O–H groups in total. The highest BCUT2D eigenvalue weighted by molar-refractivity contribution is 5.92. The van der Waals surface area contributed by atoms with Gasteiger partial charge in [0, 0.05) is 71.7 Å². The molecule has 0 radical (unpaired) electrons. The Hall–Kier alpha value is -1.96. The molecule has 172 valence electrons. The molecule has 2 amide bonds. The lowest BCUT2D eigenvalue weighted by Gasteiger charge is -2.36. The molecular weight excluding hydrogens is 394 g/mol. The topological polar surface area (TPSA) is 62.3 Å². The highest BCUT2D eigenvalue weighted by atomic mass is 16.5. The highest BCUT2D eigenvalue weighted by Crippen LogP contribution is 2.24. The lowest BCUT2D eigenvalue weighted by molar-refractivity contribution is -0.132. The summed E-state index contributed by atoms with van der Waals surface area (Å²) >= 11 is 0. The van der Waals surface area contributed by atoms with E-state index in [1.54, 1.807) is 14.0 Å². The molecule has 0 atom stereocenters. The van der Waals surface area contributed by atoms with Gasteiger partial charge in [0.05, 0.1) is 13.0 Å². The fourth-order valence-electron chi connectivity index (χ4n) is 4.62. The minimum Gasteiger partial charge on any atom is -0.384 e. The molecule has 7 heteroatoms. The van der Waals surface area contributed by atoms with E-state index in [-0.39, 0.29) is 11.8 Å². The molecule has 31 heavy (non-hydrogen) atoms. The molecule has 0 aromatic heterocycles. The van der Waals surface area contributed by atoms with Crippen molar-refractivity contribution < 1.29 is 19.1 Å². The minimum absolute atomic E-state index is 0.0411. The number of ether oxygens (including phenoxy) is 2. The second kappa shape index (κ2) is 12.2. The number of hydrogen-bond acceptors (Lipinski definition) is 5. The summed E-state index contributed by atoms with van der Waals surface area (Å²) in [7, 11) is 1.62. The van der Waals surface area contributed by atoms with Crippen molar-refractivity contribution in [3.05, 3.63) is 29.8 Å². The number of rotatable bonds is 4. The third kappa shape index (κ3) is 6.76. The lowest BCUT2D eigenvalue weighted by atomic mass is 10.1. The average Bonchev–Trinajstić information content (AvgIpc) is 2.78. The Bertz CT molecular complexity index is 721. The van der Waals surface area contributed by atoms with E-state index in [4.69, 9.17) is 9.47 Å². The Balaban J connectivity index is 1.84. The first-order valence-corrected chi connectivity index (χ1v) is 11.5. The van der Waals surface area contributed by atoms with Gasteiger partial charge in [0.1, 0.15) is 0 Å². The zero-order valence-electron chi connectivity index (χ0n) is 19.1. The summed E-state index contributed by atoms with van der Waals surface area (Å²) in [6, 6.07) is 8.49. The van der Waals surface area contributed by atoms with Crippen molar-refractivity contribution in [1.82, 2.24) is 9.80 Å². The number of benzene rings is 1. The number of nitrogens with zero attached hydrogens (tertiary/aromatic N) is 3. The van der Waals surface area contributed by atoms with Crippen LogP contribution in [0.5, 0.6) is 0 Å². The monoisotopic (exact) mass is 431 g/mol. The number of hydrogen-bond donors (Lipinski definition) is 0. The molecule has 0 unspecified atom stereocenters. The second-order valence-electron chi connectivity index (χ2n) is 8.44. The van der Waals surface area contributed by atoms with Crippen LogP contribution < -0.4 is 4.90 Å². The summed E-state index contributed by atoms with van der Waals surface area (Å²) in [5.74, 6) is 0.139. The molecule has 0 saturated carbocycles. The average molecular weight is 432 g/mol. The van der Waals surface area contributed by atoms with Crippen LogP contribution in [0.15, 0.2) is 24.3 Å². The van der Waals surface area contributed by atoms with Crippen molar-refractivity contribution in [2.45, 2.75) is 51.6 Å². The van der Waals surface area contributed by atoms with Crippen molar-refractivity contribution in [1.29, 1.82) is 0 Å². The van der Waals surface area contributed by atoms with Crippen LogP contribution in [0.2, 0.25) is 0 Å². The van der Waals surface area contributed by atoms with Crippen LogP contribution in [-0.4, -0.2) is 80.8 Å². The Morgan fingerprint density at radius 3 is 2.48 bits per heavy atom. The van der Waals surface area contributed by atoms with Crippen LogP contribution in [0.4, 0.5) is 5.69 Å². The fraction of sp³-hybridized carbons (Fsp3) is 0.667. The summed E-state index contributed by atoms with van der Waals surface area (Å²) in [6.45, 7) is 7.49. The molecule has 0 bridgehead atoms. The SMILES string of the molecule is COCCC(=O)N1CCCN(C2CCOCC2)CCCN(C(C)=O)c2ccccc2C1. The molecule has 3 rings (SSSR count). The first-order valence-electron chi connectivity index (χ1n) is 11.5. The van der Waals surface area contributed by atoms with Crippen molar-refractivity contribution in [3.63, 3.8) is 0 Å². The van der Waals surface area contributed by atoms with Crippen molar-refractivity contribution in [2.24, 2.45) is 0 Å². The Labute approximate surface area is 186 Å². The van der Waals surface area contributed by atoms with Gasteiger partial charge in [-0.3, -0.25) is 9.59 Å². The van der Waals surface area contributed by atoms with Gasteiger partial charge >= 0.3 is 0 Å². The van der Waals surface area contributed by atoms with Gasteiger partial charge in [-0.15, -0.1) is 0 Å². The fourth-order valence-corrected chi connectivity index (χ4v) is 4.62. The third-order valence-corrected chi connectivity index (χ3v) is 6.30. The van der Waals surface area contributed by atoms with Crippen LogP contribution in [0.3, 0.4) is 0 Å². The Kier molecular flexibility index (Phi) is 9.31. The van der Waals surface area contributed by atoms with Gasteiger partial charge < -0.3 is 24.2 Å². The maximum Gasteiger partial charge on any atom is 0.225 e. The number of methoxy groups -OCH3 is 1. The number of carbonyl (C=O) groups excluding carboxylic acids is 2. The first kappa shape index (κ1) is 23.7. The van der Waals surface area contributed by atoms with E-state index in [0.717, 1.165) is 63.2 Å². The molecule has 7 nitrogen and oxygen atoms in total. The van der Waals surface area contributed by atoms with Gasteiger partial charge in [0.25, 0.3) is 0 Å². The number of carbonyl (C=O) groups is 2. The van der Waals surface area contributed by atoms with Gasteiger partial charge in [0.2, 0.25) is 11.8 Å². The van der Waals surface area contributed by atoms with E-state index in [0.29, 0.717) is 38.7 Å². The maximum absolute atomic E-state index is 12.9. The van der Waals surface area contributed by atoms with Crippen LogP contribution in [0.1, 0.15) is 44.6 Å². The van der Waals surface area contributed by atoms with Crippen LogP contribution >= 0.6 is 0 Å². The second-order valence-corrected chi connectivity index (χ2v) is 8.44. The van der Waals surface area contributed by atoms with Gasteiger partial charge in [-0.25, -0.2) is 0 Å². The number of fused-ring (bicyclic) bond motifs is 1. The Morgan fingerprint density at radius 2 is 1.77 bits per heavy atom. The van der Waals surface area contributed by atoms with Crippen LogP contribution in [0.25, 0.3) is 0 Å². The largest absolute Gasteiger partial charge is 0.384 e. The summed E-state index contributed by atoms with van der Waals surface area (Å²) in [4.78, 5) is 31.8. The first-order chi connectivity index (χ1) is 15.1. The van der Waals surface area contributed by atoms with E-state index in [9.17, 15) is 9.59 Å². The van der Waals surface area contributed by atoms with Gasteiger partial charge in [-0.2, -0.15) is 0 Å². The zero-order chi connectivity index (χ0) is 22.1.